The highest BCUT2D eigenvalue weighted by Crippen LogP contribution is 2.19. The number of carbonyl (C=O) groups excluding carboxylic acids is 1. The molecular weight excluding hydrogens is 362 g/mol. The van der Waals surface area contributed by atoms with Crippen LogP contribution in [0.4, 0.5) is 0 Å². The Balaban J connectivity index is 1.51. The Hall–Kier alpha value is -2.04. The molecule has 1 fully saturated rings. The molecule has 3 rings (SSSR count). The summed E-state index contributed by atoms with van der Waals surface area (Å²) >= 11 is 5.92. The molecule has 0 bridgehead atoms. The highest BCUT2D eigenvalue weighted by atomic mass is 35.5. The summed E-state index contributed by atoms with van der Waals surface area (Å²) in [6.07, 6.45) is 2.13. The standard InChI is InChI=1S/C22H26ClNO3/c1-16(22(25)27-21-4-3-13-24(2)15-21)26-20-11-7-18(8-12-20)14-17-5-9-19(23)10-6-17/h5-12,16,21H,3-4,13-15H2,1-2H3. The molecule has 1 heterocycles. The zero-order chi connectivity index (χ0) is 19.2. The number of piperidine rings is 1. The summed E-state index contributed by atoms with van der Waals surface area (Å²) in [5.74, 6) is 0.362. The first-order valence-corrected chi connectivity index (χ1v) is 9.76. The fourth-order valence-electron chi connectivity index (χ4n) is 3.25. The number of halogens is 1. The minimum Gasteiger partial charge on any atom is -0.479 e. The summed E-state index contributed by atoms with van der Waals surface area (Å²) in [4.78, 5) is 14.5. The number of likely N-dealkylation sites (N-methyl/N-ethyl adjacent to an activating group) is 1. The normalized spacial score (nSPS) is 18.7. The lowest BCUT2D eigenvalue weighted by Crippen LogP contribution is -2.40. The maximum atomic E-state index is 12.3. The molecule has 144 valence electrons. The van der Waals surface area contributed by atoms with Gasteiger partial charge in [0.1, 0.15) is 11.9 Å². The van der Waals surface area contributed by atoms with Gasteiger partial charge in [0.15, 0.2) is 6.10 Å². The molecule has 1 aliphatic rings. The molecule has 0 aliphatic carbocycles. The number of esters is 1. The second-order valence-corrected chi connectivity index (χ2v) is 7.61. The van der Waals surface area contributed by atoms with Crippen molar-refractivity contribution in [2.75, 3.05) is 20.1 Å². The van der Waals surface area contributed by atoms with Gasteiger partial charge in [-0.3, -0.25) is 0 Å². The van der Waals surface area contributed by atoms with Crippen LogP contribution in [-0.4, -0.2) is 43.2 Å². The Morgan fingerprint density at radius 1 is 1.15 bits per heavy atom. The monoisotopic (exact) mass is 387 g/mol. The number of benzene rings is 2. The van der Waals surface area contributed by atoms with E-state index in [4.69, 9.17) is 21.1 Å². The van der Waals surface area contributed by atoms with Crippen LogP contribution in [0.15, 0.2) is 48.5 Å². The van der Waals surface area contributed by atoms with Crippen molar-refractivity contribution >= 4 is 17.6 Å². The van der Waals surface area contributed by atoms with Crippen molar-refractivity contribution in [1.82, 2.24) is 4.90 Å². The molecule has 2 aromatic rings. The highest BCUT2D eigenvalue weighted by Gasteiger charge is 2.24. The predicted molar refractivity (Wildman–Crippen MR) is 107 cm³/mol. The third-order valence-corrected chi connectivity index (χ3v) is 5.01. The van der Waals surface area contributed by atoms with Crippen LogP contribution in [0.2, 0.25) is 5.02 Å². The lowest BCUT2D eigenvalue weighted by molar-refractivity contribution is -0.158. The van der Waals surface area contributed by atoms with Crippen molar-refractivity contribution < 1.29 is 14.3 Å². The first-order chi connectivity index (χ1) is 13.0. The molecule has 0 radical (unpaired) electrons. The Bertz CT molecular complexity index is 745. The molecule has 0 spiro atoms. The van der Waals surface area contributed by atoms with E-state index < -0.39 is 6.10 Å². The number of nitrogens with zero attached hydrogens (tertiary/aromatic N) is 1. The van der Waals surface area contributed by atoms with Crippen LogP contribution < -0.4 is 4.74 Å². The van der Waals surface area contributed by atoms with E-state index in [0.717, 1.165) is 37.4 Å². The topological polar surface area (TPSA) is 38.8 Å². The van der Waals surface area contributed by atoms with Crippen molar-refractivity contribution in [2.45, 2.75) is 38.4 Å². The van der Waals surface area contributed by atoms with Crippen molar-refractivity contribution in [2.24, 2.45) is 0 Å². The fraction of sp³-hybridized carbons (Fsp3) is 0.409. The Morgan fingerprint density at radius 3 is 2.41 bits per heavy atom. The first-order valence-electron chi connectivity index (χ1n) is 9.38. The van der Waals surface area contributed by atoms with E-state index in [0.29, 0.717) is 5.75 Å². The van der Waals surface area contributed by atoms with Crippen LogP contribution in [0.1, 0.15) is 30.9 Å². The van der Waals surface area contributed by atoms with E-state index in [1.807, 2.05) is 55.6 Å². The number of likely N-dealkylation sites (tertiary alicyclic amines) is 1. The van der Waals surface area contributed by atoms with Gasteiger partial charge in [-0.2, -0.15) is 0 Å². The molecule has 0 amide bonds. The molecule has 27 heavy (non-hydrogen) atoms. The summed E-state index contributed by atoms with van der Waals surface area (Å²) in [5.41, 5.74) is 2.37. The first kappa shape index (κ1) is 19.7. The third kappa shape index (κ3) is 5.98. The van der Waals surface area contributed by atoms with Crippen molar-refractivity contribution in [3.63, 3.8) is 0 Å². The second kappa shape index (κ2) is 9.25. The van der Waals surface area contributed by atoms with Crippen LogP contribution in [0.5, 0.6) is 5.75 Å². The number of ether oxygens (including phenoxy) is 2. The quantitative estimate of drug-likeness (QED) is 0.691. The smallest absolute Gasteiger partial charge is 0.347 e. The van der Waals surface area contributed by atoms with Gasteiger partial charge in [-0.25, -0.2) is 4.79 Å². The molecule has 4 nitrogen and oxygen atoms in total. The summed E-state index contributed by atoms with van der Waals surface area (Å²) in [7, 11) is 2.05. The van der Waals surface area contributed by atoms with Gasteiger partial charge < -0.3 is 14.4 Å². The minimum atomic E-state index is -0.626. The zero-order valence-corrected chi connectivity index (χ0v) is 16.6. The number of hydrogen-bond acceptors (Lipinski definition) is 4. The molecule has 2 atom stereocenters. The van der Waals surface area contributed by atoms with Crippen LogP contribution >= 0.6 is 11.6 Å². The Morgan fingerprint density at radius 2 is 1.78 bits per heavy atom. The van der Waals surface area contributed by atoms with E-state index in [9.17, 15) is 4.79 Å². The summed E-state index contributed by atoms with van der Waals surface area (Å²) in [6.45, 7) is 3.58. The van der Waals surface area contributed by atoms with E-state index in [1.165, 1.54) is 11.1 Å². The maximum Gasteiger partial charge on any atom is 0.347 e. The van der Waals surface area contributed by atoms with Gasteiger partial charge in [-0.15, -0.1) is 0 Å². The van der Waals surface area contributed by atoms with Gasteiger partial charge in [0.25, 0.3) is 0 Å². The van der Waals surface area contributed by atoms with Gasteiger partial charge in [-0.05, 0) is 75.2 Å². The summed E-state index contributed by atoms with van der Waals surface area (Å²) in [6, 6.07) is 15.6. The molecule has 1 saturated heterocycles. The third-order valence-electron chi connectivity index (χ3n) is 4.75. The summed E-state index contributed by atoms with van der Waals surface area (Å²) in [5, 5.41) is 0.739. The predicted octanol–water partition coefficient (Wildman–Crippen LogP) is 4.34. The van der Waals surface area contributed by atoms with Crippen LogP contribution in [0, 0.1) is 0 Å². The molecule has 2 unspecified atom stereocenters. The number of carbonyl (C=O) groups is 1. The van der Waals surface area contributed by atoms with Gasteiger partial charge in [0.2, 0.25) is 0 Å². The lowest BCUT2D eigenvalue weighted by Gasteiger charge is -2.30. The summed E-state index contributed by atoms with van der Waals surface area (Å²) < 4.78 is 11.4. The molecule has 0 aromatic heterocycles. The SMILES string of the molecule is CC(Oc1ccc(Cc2ccc(Cl)cc2)cc1)C(=O)OC1CCCN(C)C1. The van der Waals surface area contributed by atoms with Gasteiger partial charge >= 0.3 is 5.97 Å². The fourth-order valence-corrected chi connectivity index (χ4v) is 3.38. The Labute approximate surface area is 166 Å². The van der Waals surface area contributed by atoms with Crippen molar-refractivity contribution in [3.8, 4) is 5.75 Å². The van der Waals surface area contributed by atoms with Crippen LogP contribution in [0.25, 0.3) is 0 Å². The van der Waals surface area contributed by atoms with Crippen molar-refractivity contribution in [3.05, 3.63) is 64.7 Å². The van der Waals surface area contributed by atoms with E-state index in [-0.39, 0.29) is 12.1 Å². The van der Waals surface area contributed by atoms with E-state index in [2.05, 4.69) is 4.90 Å². The van der Waals surface area contributed by atoms with E-state index >= 15 is 0 Å². The Kier molecular flexibility index (Phi) is 6.75. The average molecular weight is 388 g/mol. The van der Waals surface area contributed by atoms with Gasteiger partial charge in [0.05, 0.1) is 0 Å². The molecule has 5 heteroatoms. The molecular formula is C22H26ClNO3. The van der Waals surface area contributed by atoms with Crippen molar-refractivity contribution in [1.29, 1.82) is 0 Å². The maximum absolute atomic E-state index is 12.3. The highest BCUT2D eigenvalue weighted by molar-refractivity contribution is 6.30. The second-order valence-electron chi connectivity index (χ2n) is 7.17. The van der Waals surface area contributed by atoms with Crippen LogP contribution in [-0.2, 0) is 16.0 Å². The largest absolute Gasteiger partial charge is 0.479 e. The molecule has 0 saturated carbocycles. The average Bonchev–Trinajstić information content (AvgIpc) is 2.65. The number of rotatable bonds is 6. The lowest BCUT2D eigenvalue weighted by atomic mass is 10.1. The number of hydrogen-bond donors (Lipinski definition) is 0. The zero-order valence-electron chi connectivity index (χ0n) is 15.9. The molecule has 0 N–H and O–H groups in total. The van der Waals surface area contributed by atoms with Crippen LogP contribution in [0.3, 0.4) is 0 Å². The van der Waals surface area contributed by atoms with E-state index in [1.54, 1.807) is 6.92 Å². The minimum absolute atomic E-state index is 0.0379. The molecule has 2 aromatic carbocycles. The molecule has 1 aliphatic heterocycles. The van der Waals surface area contributed by atoms with Gasteiger partial charge in [-0.1, -0.05) is 35.9 Å². The van der Waals surface area contributed by atoms with Gasteiger partial charge in [0, 0.05) is 11.6 Å².